The molecular formula is C32H29N5O5. The number of nitrogens with one attached hydrogen (secondary N) is 1. The molecule has 0 bridgehead atoms. The Hall–Kier alpha value is -5.25. The average Bonchev–Trinajstić information content (AvgIpc) is 3.49. The van der Waals surface area contributed by atoms with Crippen molar-refractivity contribution in [1.29, 1.82) is 0 Å². The number of pyridine rings is 1. The molecule has 42 heavy (non-hydrogen) atoms. The van der Waals surface area contributed by atoms with Crippen molar-refractivity contribution in [2.24, 2.45) is 0 Å². The summed E-state index contributed by atoms with van der Waals surface area (Å²) in [6.07, 6.45) is 1.81. The van der Waals surface area contributed by atoms with Crippen LogP contribution in [0.15, 0.2) is 71.4 Å². The fourth-order valence-corrected chi connectivity index (χ4v) is 5.91. The van der Waals surface area contributed by atoms with Gasteiger partial charge in [-0.05, 0) is 18.2 Å². The Morgan fingerprint density at radius 3 is 2.19 bits per heavy atom. The van der Waals surface area contributed by atoms with E-state index < -0.39 is 0 Å². The number of fused-ring (bicyclic) bond motifs is 2. The van der Waals surface area contributed by atoms with Crippen LogP contribution in [0.2, 0.25) is 0 Å². The summed E-state index contributed by atoms with van der Waals surface area (Å²) in [5.41, 5.74) is 4.72. The lowest BCUT2D eigenvalue weighted by molar-refractivity contribution is 0.104. The summed E-state index contributed by atoms with van der Waals surface area (Å²) in [7, 11) is 4.71. The van der Waals surface area contributed by atoms with Crippen molar-refractivity contribution in [2.75, 3.05) is 62.6 Å². The van der Waals surface area contributed by atoms with Crippen molar-refractivity contribution in [3.63, 3.8) is 0 Å². The Balaban J connectivity index is 1.35. The van der Waals surface area contributed by atoms with Crippen LogP contribution in [0.3, 0.4) is 0 Å². The first-order valence-electron chi connectivity index (χ1n) is 13.7. The van der Waals surface area contributed by atoms with Gasteiger partial charge in [0.15, 0.2) is 23.0 Å². The lowest BCUT2D eigenvalue weighted by Crippen LogP contribution is -2.47. The van der Waals surface area contributed by atoms with Gasteiger partial charge in [0.2, 0.25) is 5.75 Å². The fourth-order valence-electron chi connectivity index (χ4n) is 5.91. The molecule has 5 aromatic rings. The number of anilines is 4. The molecule has 1 fully saturated rings. The summed E-state index contributed by atoms with van der Waals surface area (Å²) in [5, 5.41) is 8.72. The number of nitrogens with zero attached hydrogens (tertiary/aromatic N) is 4. The number of rotatable bonds is 7. The number of benzene rings is 3. The molecule has 3 aromatic carbocycles. The first kappa shape index (κ1) is 25.7. The van der Waals surface area contributed by atoms with Crippen LogP contribution in [0.25, 0.3) is 22.2 Å². The van der Waals surface area contributed by atoms with Crippen LogP contribution in [-0.2, 0) is 0 Å². The molecule has 7 rings (SSSR count). The van der Waals surface area contributed by atoms with Crippen molar-refractivity contribution >= 4 is 39.6 Å². The topological polar surface area (TPSA) is 102 Å². The molecule has 1 aliphatic carbocycles. The fraction of sp³-hybridized carbons (Fsp3) is 0.219. The van der Waals surface area contributed by atoms with Crippen LogP contribution in [0.1, 0.15) is 15.9 Å². The number of methoxy groups -OCH3 is 3. The smallest absolute Gasteiger partial charge is 0.203 e. The zero-order valence-corrected chi connectivity index (χ0v) is 23.5. The molecule has 2 aliphatic rings. The summed E-state index contributed by atoms with van der Waals surface area (Å²) in [6.45, 7) is 3.09. The summed E-state index contributed by atoms with van der Waals surface area (Å²) in [4.78, 5) is 23.1. The second-order valence-corrected chi connectivity index (χ2v) is 10.1. The van der Waals surface area contributed by atoms with Crippen molar-refractivity contribution in [2.45, 2.75) is 0 Å². The number of hydrogen-bond donors (Lipinski definition) is 1. The highest BCUT2D eigenvalue weighted by Crippen LogP contribution is 2.47. The molecule has 0 saturated carbocycles. The highest BCUT2D eigenvalue weighted by molar-refractivity contribution is 6.28. The molecule has 0 radical (unpaired) electrons. The highest BCUT2D eigenvalue weighted by Gasteiger charge is 2.34. The maximum atomic E-state index is 14.0. The van der Waals surface area contributed by atoms with Gasteiger partial charge in [-0.1, -0.05) is 35.5 Å². The van der Waals surface area contributed by atoms with E-state index in [9.17, 15) is 4.79 Å². The molecule has 1 saturated heterocycles. The molecule has 10 heteroatoms. The summed E-state index contributed by atoms with van der Waals surface area (Å²) >= 11 is 0. The molecule has 3 heterocycles. The van der Waals surface area contributed by atoms with Gasteiger partial charge >= 0.3 is 0 Å². The quantitative estimate of drug-likeness (QED) is 0.267. The van der Waals surface area contributed by atoms with E-state index in [-0.39, 0.29) is 5.78 Å². The van der Waals surface area contributed by atoms with Gasteiger partial charge in [-0.25, -0.2) is 4.98 Å². The lowest BCUT2D eigenvalue weighted by atomic mass is 9.86. The standard InChI is InChI=1S/C32H29N5O5/c1-39-24-16-19(17-25(40-2)32(24)41-3)34-22-18-23(36-12-14-37(15-13-36)26-10-6-7-11-33-26)29-28-27(22)30(38)20-8-4-5-9-21(20)31(28)42-35-29/h4-11,16-18,34H,12-15H2,1-3H3. The summed E-state index contributed by atoms with van der Waals surface area (Å²) in [6, 6.07) is 19.1. The van der Waals surface area contributed by atoms with Crippen molar-refractivity contribution in [3.8, 4) is 28.6 Å². The van der Waals surface area contributed by atoms with Gasteiger partial charge in [-0.15, -0.1) is 0 Å². The van der Waals surface area contributed by atoms with Gasteiger partial charge in [-0.3, -0.25) is 4.79 Å². The first-order valence-corrected chi connectivity index (χ1v) is 13.7. The van der Waals surface area contributed by atoms with Crippen LogP contribution in [0.5, 0.6) is 17.2 Å². The van der Waals surface area contributed by atoms with Crippen molar-refractivity contribution in [1.82, 2.24) is 10.1 Å². The molecule has 10 nitrogen and oxygen atoms in total. The van der Waals surface area contributed by atoms with Gasteiger partial charge in [0.1, 0.15) is 11.3 Å². The van der Waals surface area contributed by atoms with Crippen LogP contribution in [-0.4, -0.2) is 63.4 Å². The maximum absolute atomic E-state index is 14.0. The van der Waals surface area contributed by atoms with E-state index in [0.29, 0.717) is 56.4 Å². The van der Waals surface area contributed by atoms with Crippen LogP contribution in [0.4, 0.5) is 22.9 Å². The minimum Gasteiger partial charge on any atom is -0.493 e. The third kappa shape index (κ3) is 4.06. The van der Waals surface area contributed by atoms with E-state index in [1.807, 2.05) is 66.9 Å². The Kier molecular flexibility index (Phi) is 6.30. The number of hydrogen-bond acceptors (Lipinski definition) is 10. The number of aromatic nitrogens is 2. The molecule has 0 amide bonds. The van der Waals surface area contributed by atoms with E-state index in [2.05, 4.69) is 25.3 Å². The number of ketones is 1. The van der Waals surface area contributed by atoms with Gasteiger partial charge in [0.25, 0.3) is 0 Å². The minimum absolute atomic E-state index is 0.0900. The summed E-state index contributed by atoms with van der Waals surface area (Å²) < 4.78 is 22.6. The average molecular weight is 564 g/mol. The number of ether oxygens (including phenoxy) is 3. The Morgan fingerprint density at radius 2 is 1.52 bits per heavy atom. The highest BCUT2D eigenvalue weighted by atomic mass is 16.5. The Labute approximate surface area is 242 Å². The van der Waals surface area contributed by atoms with Crippen molar-refractivity contribution < 1.29 is 23.5 Å². The van der Waals surface area contributed by atoms with Crippen molar-refractivity contribution in [3.05, 3.63) is 78.0 Å². The maximum Gasteiger partial charge on any atom is 0.203 e. The minimum atomic E-state index is -0.0900. The molecule has 212 valence electrons. The van der Waals surface area contributed by atoms with Gasteiger partial charge in [0.05, 0.1) is 43.7 Å². The lowest BCUT2D eigenvalue weighted by Gasteiger charge is -2.37. The van der Waals surface area contributed by atoms with Crippen LogP contribution in [0, 0.1) is 0 Å². The second kappa shape index (κ2) is 10.3. The predicted molar refractivity (Wildman–Crippen MR) is 161 cm³/mol. The zero-order valence-electron chi connectivity index (χ0n) is 23.5. The number of carbonyl (C=O) groups excluding carboxylic acids is 1. The molecule has 2 aromatic heterocycles. The number of piperazine rings is 1. The Morgan fingerprint density at radius 1 is 0.833 bits per heavy atom. The molecule has 0 unspecified atom stereocenters. The van der Waals surface area contributed by atoms with Gasteiger partial charge < -0.3 is 33.9 Å². The van der Waals surface area contributed by atoms with Gasteiger partial charge in [0, 0.05) is 61.3 Å². The van der Waals surface area contributed by atoms with E-state index in [1.54, 1.807) is 21.3 Å². The molecule has 0 atom stereocenters. The third-order valence-corrected chi connectivity index (χ3v) is 7.92. The van der Waals surface area contributed by atoms with Crippen LogP contribution >= 0.6 is 0 Å². The first-order chi connectivity index (χ1) is 20.6. The number of carbonyl (C=O) groups is 1. The van der Waals surface area contributed by atoms with E-state index in [0.717, 1.165) is 43.2 Å². The molecule has 1 N–H and O–H groups in total. The SMILES string of the molecule is COc1cc(Nc2cc(N3CCN(c4ccccn4)CC3)c3noc4c3c2C(=O)c2ccccc2-4)cc(OC)c1OC. The molecule has 1 aliphatic heterocycles. The van der Waals surface area contributed by atoms with Gasteiger partial charge in [-0.2, -0.15) is 0 Å². The summed E-state index contributed by atoms with van der Waals surface area (Å²) in [5.74, 6) is 2.96. The molecule has 0 spiro atoms. The third-order valence-electron chi connectivity index (χ3n) is 7.92. The van der Waals surface area contributed by atoms with E-state index >= 15 is 0 Å². The van der Waals surface area contributed by atoms with E-state index in [4.69, 9.17) is 18.7 Å². The van der Waals surface area contributed by atoms with E-state index in [1.165, 1.54) is 0 Å². The normalized spacial score (nSPS) is 14.1. The monoisotopic (exact) mass is 563 g/mol. The predicted octanol–water partition coefficient (Wildman–Crippen LogP) is 5.53. The molecular weight excluding hydrogens is 534 g/mol. The largest absolute Gasteiger partial charge is 0.493 e. The van der Waals surface area contributed by atoms with Crippen LogP contribution < -0.4 is 29.3 Å². The zero-order chi connectivity index (χ0) is 28.8. The second-order valence-electron chi connectivity index (χ2n) is 10.1. The Bertz CT molecular complexity index is 1790.